The number of non-ortho nitro benzene ring substituents is 1. The number of nitrogens with two attached hydrogens (primary N) is 1. The second-order valence-electron chi connectivity index (χ2n) is 8.02. The molecule has 3 aromatic heterocycles. The zero-order valence-corrected chi connectivity index (χ0v) is 17.6. The first-order valence-electron chi connectivity index (χ1n) is 9.63. The van der Waals surface area contributed by atoms with Crippen LogP contribution in [0, 0.1) is 10.1 Å². The molecule has 0 aliphatic heterocycles. The standard InChI is InChI=1S/C20H20N8O4/c1-20(2,3)32-19(29)26-9-5-8-14(26)15-16-17(23-18(21)22-15)27(25-24-16)11-12-6-4-7-13(10-12)28(30)31/h4-10H,11H2,1-3H3,(H2,21,22,23). The van der Waals surface area contributed by atoms with Gasteiger partial charge in [0.15, 0.2) is 11.2 Å². The van der Waals surface area contributed by atoms with E-state index in [1.165, 1.54) is 21.4 Å². The Kier molecular flexibility index (Phi) is 5.04. The van der Waals surface area contributed by atoms with Gasteiger partial charge in [0.1, 0.15) is 11.3 Å². The summed E-state index contributed by atoms with van der Waals surface area (Å²) in [6.07, 6.45) is 0.980. The van der Waals surface area contributed by atoms with Crippen LogP contribution in [0.3, 0.4) is 0 Å². The van der Waals surface area contributed by atoms with Crippen LogP contribution in [-0.2, 0) is 11.3 Å². The maximum atomic E-state index is 12.6. The van der Waals surface area contributed by atoms with Crippen molar-refractivity contribution in [3.8, 4) is 11.4 Å². The molecule has 3 heterocycles. The lowest BCUT2D eigenvalue weighted by Gasteiger charge is -2.20. The van der Waals surface area contributed by atoms with E-state index in [4.69, 9.17) is 10.5 Å². The predicted octanol–water partition coefficient (Wildman–Crippen LogP) is 3.01. The Hall–Kier alpha value is -4.35. The number of rotatable bonds is 4. The quantitative estimate of drug-likeness (QED) is 0.375. The molecule has 0 amide bonds. The predicted molar refractivity (Wildman–Crippen MR) is 115 cm³/mol. The second kappa shape index (κ2) is 7.72. The van der Waals surface area contributed by atoms with E-state index in [2.05, 4.69) is 20.3 Å². The van der Waals surface area contributed by atoms with Gasteiger partial charge in [-0.05, 0) is 38.5 Å². The summed E-state index contributed by atoms with van der Waals surface area (Å²) in [7, 11) is 0. The van der Waals surface area contributed by atoms with Crippen molar-refractivity contribution in [1.29, 1.82) is 0 Å². The molecule has 2 N–H and O–H groups in total. The van der Waals surface area contributed by atoms with Crippen molar-refractivity contribution in [3.05, 3.63) is 58.3 Å². The average Bonchev–Trinajstić information content (AvgIpc) is 3.34. The van der Waals surface area contributed by atoms with Crippen LogP contribution in [0.5, 0.6) is 0 Å². The highest BCUT2D eigenvalue weighted by Crippen LogP contribution is 2.27. The number of fused-ring (bicyclic) bond motifs is 1. The van der Waals surface area contributed by atoms with Crippen molar-refractivity contribution in [2.45, 2.75) is 32.9 Å². The monoisotopic (exact) mass is 436 g/mol. The number of nitro benzene ring substituents is 1. The SMILES string of the molecule is CC(C)(C)OC(=O)n1cccc1-c1nc(N)nc2c1nnn2Cc1cccc([N+](=O)[O-])c1. The fourth-order valence-electron chi connectivity index (χ4n) is 3.14. The van der Waals surface area contributed by atoms with E-state index in [-0.39, 0.29) is 18.2 Å². The minimum absolute atomic E-state index is 0.0306. The van der Waals surface area contributed by atoms with Crippen LogP contribution in [0.2, 0.25) is 0 Å². The smallest absolute Gasteiger partial charge is 0.419 e. The van der Waals surface area contributed by atoms with Crippen molar-refractivity contribution in [2.75, 3.05) is 5.73 Å². The lowest BCUT2D eigenvalue weighted by molar-refractivity contribution is -0.384. The Morgan fingerprint density at radius 2 is 2.00 bits per heavy atom. The fourth-order valence-corrected chi connectivity index (χ4v) is 3.14. The Labute approximate surface area is 181 Å². The van der Waals surface area contributed by atoms with E-state index >= 15 is 0 Å². The van der Waals surface area contributed by atoms with Crippen LogP contribution in [0.25, 0.3) is 22.6 Å². The third kappa shape index (κ3) is 4.10. The van der Waals surface area contributed by atoms with Crippen LogP contribution < -0.4 is 5.73 Å². The summed E-state index contributed by atoms with van der Waals surface area (Å²) in [4.78, 5) is 31.7. The van der Waals surface area contributed by atoms with Gasteiger partial charge in [-0.1, -0.05) is 17.3 Å². The Bertz CT molecular complexity index is 1340. The molecule has 12 nitrogen and oxygen atoms in total. The molecule has 0 bridgehead atoms. The molecule has 0 saturated heterocycles. The maximum Gasteiger partial charge on any atom is 0.419 e. The highest BCUT2D eigenvalue weighted by molar-refractivity contribution is 5.89. The van der Waals surface area contributed by atoms with Gasteiger partial charge in [0, 0.05) is 18.3 Å². The number of anilines is 1. The molecule has 0 fully saturated rings. The number of benzene rings is 1. The van der Waals surface area contributed by atoms with Crippen molar-refractivity contribution in [2.24, 2.45) is 0 Å². The third-order valence-electron chi connectivity index (χ3n) is 4.42. The van der Waals surface area contributed by atoms with Gasteiger partial charge in [-0.25, -0.2) is 14.5 Å². The summed E-state index contributed by atoms with van der Waals surface area (Å²) >= 11 is 0. The minimum atomic E-state index is -0.680. The number of hydrogen-bond acceptors (Lipinski definition) is 9. The fraction of sp³-hybridized carbons (Fsp3) is 0.250. The van der Waals surface area contributed by atoms with Crippen LogP contribution in [0.15, 0.2) is 42.6 Å². The van der Waals surface area contributed by atoms with Crippen molar-refractivity contribution in [3.63, 3.8) is 0 Å². The van der Waals surface area contributed by atoms with Crippen molar-refractivity contribution >= 4 is 28.9 Å². The van der Waals surface area contributed by atoms with E-state index < -0.39 is 16.6 Å². The Morgan fingerprint density at radius 1 is 1.22 bits per heavy atom. The number of carbonyl (C=O) groups is 1. The molecule has 0 saturated carbocycles. The molecule has 0 radical (unpaired) electrons. The normalized spacial score (nSPS) is 11.6. The molecule has 164 valence electrons. The first-order chi connectivity index (χ1) is 15.1. The number of hydrogen-bond donors (Lipinski definition) is 1. The highest BCUT2D eigenvalue weighted by Gasteiger charge is 2.23. The summed E-state index contributed by atoms with van der Waals surface area (Å²) in [6, 6.07) is 9.55. The van der Waals surface area contributed by atoms with E-state index in [0.29, 0.717) is 28.1 Å². The van der Waals surface area contributed by atoms with E-state index in [1.807, 2.05) is 0 Å². The van der Waals surface area contributed by atoms with Crippen LogP contribution in [0.4, 0.5) is 16.4 Å². The van der Waals surface area contributed by atoms with E-state index in [1.54, 1.807) is 51.2 Å². The molecule has 4 aromatic rings. The summed E-state index contributed by atoms with van der Waals surface area (Å²) in [5.74, 6) is -0.0352. The number of nitrogens with zero attached hydrogens (tertiary/aromatic N) is 7. The van der Waals surface area contributed by atoms with Crippen molar-refractivity contribution in [1.82, 2.24) is 29.5 Å². The topological polar surface area (TPSA) is 157 Å². The van der Waals surface area contributed by atoms with Gasteiger partial charge in [-0.3, -0.25) is 14.7 Å². The maximum absolute atomic E-state index is 12.6. The average molecular weight is 436 g/mol. The Balaban J connectivity index is 1.76. The highest BCUT2D eigenvalue weighted by atomic mass is 16.6. The molecule has 1 aromatic carbocycles. The van der Waals surface area contributed by atoms with Crippen LogP contribution in [-0.4, -0.2) is 46.1 Å². The first kappa shape index (κ1) is 20.9. The summed E-state index contributed by atoms with van der Waals surface area (Å²) in [6.45, 7) is 5.50. The van der Waals surface area contributed by atoms with E-state index in [0.717, 1.165) is 0 Å². The molecule has 12 heteroatoms. The molecule has 0 aliphatic carbocycles. The molecular weight excluding hydrogens is 416 g/mol. The number of aromatic nitrogens is 6. The summed E-state index contributed by atoms with van der Waals surface area (Å²) in [5, 5.41) is 19.4. The summed E-state index contributed by atoms with van der Waals surface area (Å²) < 4.78 is 8.23. The molecule has 32 heavy (non-hydrogen) atoms. The number of nitro groups is 1. The van der Waals surface area contributed by atoms with Crippen LogP contribution >= 0.6 is 0 Å². The minimum Gasteiger partial charge on any atom is -0.443 e. The van der Waals surface area contributed by atoms with Gasteiger partial charge in [0.05, 0.1) is 17.2 Å². The molecule has 4 rings (SSSR count). The molecule has 0 atom stereocenters. The zero-order chi connectivity index (χ0) is 23.0. The number of nitrogen functional groups attached to an aromatic ring is 1. The van der Waals surface area contributed by atoms with Crippen molar-refractivity contribution < 1.29 is 14.5 Å². The van der Waals surface area contributed by atoms with Gasteiger partial charge in [-0.2, -0.15) is 4.98 Å². The lowest BCUT2D eigenvalue weighted by atomic mass is 10.2. The number of carbonyl (C=O) groups excluding carboxylic acids is 1. The third-order valence-corrected chi connectivity index (χ3v) is 4.42. The Morgan fingerprint density at radius 3 is 2.72 bits per heavy atom. The zero-order valence-electron chi connectivity index (χ0n) is 17.6. The largest absolute Gasteiger partial charge is 0.443 e. The van der Waals surface area contributed by atoms with Crippen LogP contribution in [0.1, 0.15) is 26.3 Å². The van der Waals surface area contributed by atoms with Gasteiger partial charge < -0.3 is 10.5 Å². The molecule has 0 spiro atoms. The van der Waals surface area contributed by atoms with Gasteiger partial charge in [0.2, 0.25) is 5.95 Å². The second-order valence-corrected chi connectivity index (χ2v) is 8.02. The summed E-state index contributed by atoms with van der Waals surface area (Å²) in [5.41, 5.74) is 7.26. The first-order valence-corrected chi connectivity index (χ1v) is 9.63. The van der Waals surface area contributed by atoms with Gasteiger partial charge in [0.25, 0.3) is 5.69 Å². The van der Waals surface area contributed by atoms with Gasteiger partial charge in [-0.15, -0.1) is 5.10 Å². The molecule has 0 unspecified atom stereocenters. The van der Waals surface area contributed by atoms with E-state index in [9.17, 15) is 14.9 Å². The number of ether oxygens (including phenoxy) is 1. The molecular formula is C20H20N8O4. The van der Waals surface area contributed by atoms with Gasteiger partial charge >= 0.3 is 6.09 Å². The lowest BCUT2D eigenvalue weighted by Crippen LogP contribution is -2.27. The molecule has 0 aliphatic rings.